The van der Waals surface area contributed by atoms with E-state index in [-0.39, 0.29) is 33.2 Å². The van der Waals surface area contributed by atoms with Crippen molar-refractivity contribution in [1.82, 2.24) is 9.88 Å². The molecule has 2 aromatic carbocycles. The molecule has 11 heteroatoms. The minimum atomic E-state index is -3.81. The van der Waals surface area contributed by atoms with Crippen molar-refractivity contribution in [1.29, 1.82) is 0 Å². The molecule has 6 nitrogen and oxygen atoms in total. The number of rotatable bonds is 8. The minimum Gasteiger partial charge on any atom is -0.308 e. The van der Waals surface area contributed by atoms with Crippen LogP contribution in [0, 0.1) is 17.5 Å². The number of carbonyl (C=O) groups is 1. The number of hydrogen-bond acceptors (Lipinski definition) is 6. The lowest BCUT2D eigenvalue weighted by Gasteiger charge is -2.22. The molecule has 0 N–H and O–H groups in total. The van der Waals surface area contributed by atoms with Crippen molar-refractivity contribution in [3.8, 4) is 0 Å². The molecule has 1 amide bonds. The van der Waals surface area contributed by atoms with E-state index in [1.165, 1.54) is 4.90 Å². The van der Waals surface area contributed by atoms with Crippen LogP contribution in [0.3, 0.4) is 0 Å². The Balaban J connectivity index is 1.84. The number of nitrogens with zero attached hydrogens (tertiary/aromatic N) is 3. The van der Waals surface area contributed by atoms with Crippen molar-refractivity contribution >= 4 is 42.4 Å². The summed E-state index contributed by atoms with van der Waals surface area (Å²) in [6.07, 6.45) is -0.347. The Morgan fingerprint density at radius 2 is 1.71 bits per heavy atom. The molecule has 3 aromatic rings. The Labute approximate surface area is 181 Å². The zero-order chi connectivity index (χ0) is 22.8. The van der Waals surface area contributed by atoms with Gasteiger partial charge in [0.15, 0.2) is 20.8 Å². The number of hydrogen-bond donors (Lipinski definition) is 0. The number of amides is 1. The predicted octanol–water partition coefficient (Wildman–Crippen LogP) is 3.47. The molecule has 0 bridgehead atoms. The first-order chi connectivity index (χ1) is 14.6. The van der Waals surface area contributed by atoms with Gasteiger partial charge in [-0.05, 0) is 44.4 Å². The molecule has 31 heavy (non-hydrogen) atoms. The van der Waals surface area contributed by atoms with Crippen LogP contribution in [0.4, 0.5) is 18.3 Å². The van der Waals surface area contributed by atoms with Gasteiger partial charge in [0.05, 0.1) is 15.3 Å². The Kier molecular flexibility index (Phi) is 6.97. The average Bonchev–Trinajstić information content (AvgIpc) is 3.10. The second-order valence-corrected chi connectivity index (χ2v) is 10.2. The highest BCUT2D eigenvalue weighted by molar-refractivity contribution is 7.91. The third-order valence-corrected chi connectivity index (χ3v) is 7.22. The summed E-state index contributed by atoms with van der Waals surface area (Å²) in [5.74, 6) is -3.16. The van der Waals surface area contributed by atoms with Gasteiger partial charge in [0.25, 0.3) is 0 Å². The van der Waals surface area contributed by atoms with Crippen LogP contribution >= 0.6 is 11.3 Å². The lowest BCUT2D eigenvalue weighted by atomic mass is 10.3. The van der Waals surface area contributed by atoms with Crippen LogP contribution in [0.25, 0.3) is 10.2 Å². The maximum Gasteiger partial charge on any atom is 0.229 e. The molecule has 0 aliphatic heterocycles. The molecule has 0 unspecified atom stereocenters. The highest BCUT2D eigenvalue weighted by atomic mass is 32.2. The number of likely N-dealkylation sites (N-methyl/N-ethyl adjacent to an activating group) is 1. The topological polar surface area (TPSA) is 70.6 Å². The third kappa shape index (κ3) is 5.60. The van der Waals surface area contributed by atoms with Crippen LogP contribution in [0.1, 0.15) is 6.42 Å². The number of aromatic nitrogens is 1. The van der Waals surface area contributed by atoms with Gasteiger partial charge in [-0.3, -0.25) is 9.69 Å². The quantitative estimate of drug-likeness (QED) is 0.471. The second-order valence-electron chi connectivity index (χ2n) is 7.10. The van der Waals surface area contributed by atoms with Crippen molar-refractivity contribution in [2.45, 2.75) is 11.3 Å². The first-order valence-electron chi connectivity index (χ1n) is 9.26. The summed E-state index contributed by atoms with van der Waals surface area (Å²) in [4.78, 5) is 20.1. The lowest BCUT2D eigenvalue weighted by molar-refractivity contribution is -0.118. The lowest BCUT2D eigenvalue weighted by Crippen LogP contribution is -2.37. The van der Waals surface area contributed by atoms with E-state index in [1.54, 1.807) is 14.1 Å². The van der Waals surface area contributed by atoms with E-state index in [1.807, 2.05) is 4.90 Å². The highest BCUT2D eigenvalue weighted by Crippen LogP contribution is 2.31. The minimum absolute atomic E-state index is 0.0528. The van der Waals surface area contributed by atoms with Crippen LogP contribution < -0.4 is 4.90 Å². The van der Waals surface area contributed by atoms with Gasteiger partial charge in [-0.15, -0.1) is 0 Å². The molecule has 1 heterocycles. The molecular weight excluding hydrogens is 451 g/mol. The van der Waals surface area contributed by atoms with Crippen LogP contribution in [0.5, 0.6) is 0 Å². The number of sulfone groups is 1. The van der Waals surface area contributed by atoms with Crippen molar-refractivity contribution in [3.63, 3.8) is 0 Å². The Hall–Kier alpha value is -2.50. The molecule has 0 radical (unpaired) electrons. The Morgan fingerprint density at radius 3 is 2.35 bits per heavy atom. The van der Waals surface area contributed by atoms with Crippen LogP contribution in [-0.2, 0) is 14.6 Å². The third-order valence-electron chi connectivity index (χ3n) is 4.46. The van der Waals surface area contributed by atoms with E-state index in [9.17, 15) is 26.4 Å². The summed E-state index contributed by atoms with van der Waals surface area (Å²) in [7, 11) is -0.206. The first kappa shape index (κ1) is 23.2. The van der Waals surface area contributed by atoms with Gasteiger partial charge < -0.3 is 4.90 Å². The fraction of sp³-hybridized carbons (Fsp3) is 0.300. The molecule has 166 valence electrons. The molecule has 0 saturated heterocycles. The fourth-order valence-corrected chi connectivity index (χ4v) is 5.08. The van der Waals surface area contributed by atoms with Crippen LogP contribution in [0.2, 0.25) is 0 Å². The molecule has 0 fully saturated rings. The zero-order valence-electron chi connectivity index (χ0n) is 16.8. The van der Waals surface area contributed by atoms with Crippen LogP contribution in [-0.4, -0.2) is 57.1 Å². The molecular formula is C20H20F3N3O3S2. The van der Waals surface area contributed by atoms with E-state index in [2.05, 4.69) is 4.98 Å². The summed E-state index contributed by atoms with van der Waals surface area (Å²) in [5.41, 5.74) is -0.0528. The van der Waals surface area contributed by atoms with Gasteiger partial charge in [-0.25, -0.2) is 26.6 Å². The van der Waals surface area contributed by atoms with E-state index in [0.29, 0.717) is 12.6 Å². The summed E-state index contributed by atoms with van der Waals surface area (Å²) in [5, 5.41) is 0.158. The number of anilines is 1. The first-order valence-corrected chi connectivity index (χ1v) is 11.7. The van der Waals surface area contributed by atoms with E-state index < -0.39 is 38.9 Å². The molecule has 0 spiro atoms. The maximum absolute atomic E-state index is 14.0. The molecule has 0 aliphatic rings. The highest BCUT2D eigenvalue weighted by Gasteiger charge is 2.24. The average molecular weight is 472 g/mol. The summed E-state index contributed by atoms with van der Waals surface area (Å²) in [6.45, 7) is 0.634. The van der Waals surface area contributed by atoms with E-state index >= 15 is 0 Å². The molecule has 1 aromatic heterocycles. The number of halogens is 3. The van der Waals surface area contributed by atoms with Gasteiger partial charge in [0.1, 0.15) is 17.2 Å². The van der Waals surface area contributed by atoms with Gasteiger partial charge in [0, 0.05) is 25.6 Å². The van der Waals surface area contributed by atoms with Gasteiger partial charge in [-0.2, -0.15) is 0 Å². The molecule has 0 atom stereocenters. The monoisotopic (exact) mass is 471 g/mol. The fourth-order valence-electron chi connectivity index (χ4n) is 2.80. The van der Waals surface area contributed by atoms with Crippen molar-refractivity contribution in [2.75, 3.05) is 37.8 Å². The van der Waals surface area contributed by atoms with Crippen molar-refractivity contribution < 1.29 is 26.4 Å². The number of benzene rings is 2. The summed E-state index contributed by atoms with van der Waals surface area (Å²) in [6, 6.07) is 6.20. The smallest absolute Gasteiger partial charge is 0.229 e. The maximum atomic E-state index is 14.0. The Morgan fingerprint density at radius 1 is 1.03 bits per heavy atom. The summed E-state index contributed by atoms with van der Waals surface area (Å²) < 4.78 is 65.8. The molecule has 0 aliphatic carbocycles. The second kappa shape index (κ2) is 9.33. The van der Waals surface area contributed by atoms with Crippen LogP contribution in [0.15, 0.2) is 41.3 Å². The standard InChI is InChI=1S/C20H20F3N3O3S2/c1-25(2)8-9-26(20-24-19-16(23)11-14(22)12-17(19)30-20)18(27)7-10-31(28,29)15-5-3-13(21)4-6-15/h3-6,11-12H,7-10H2,1-2H3. The SMILES string of the molecule is CN(C)CCN(C(=O)CCS(=O)(=O)c1ccc(F)cc1)c1nc2c(F)cc(F)cc2s1. The summed E-state index contributed by atoms with van der Waals surface area (Å²) >= 11 is 0.949. The van der Waals surface area contributed by atoms with Gasteiger partial charge in [-0.1, -0.05) is 11.3 Å². The van der Waals surface area contributed by atoms with Crippen molar-refractivity contribution in [3.05, 3.63) is 53.8 Å². The number of carbonyl (C=O) groups excluding carboxylic acids is 1. The molecule has 0 saturated carbocycles. The van der Waals surface area contributed by atoms with Gasteiger partial charge >= 0.3 is 0 Å². The van der Waals surface area contributed by atoms with E-state index in [0.717, 1.165) is 41.7 Å². The predicted molar refractivity (Wildman–Crippen MR) is 114 cm³/mol. The largest absolute Gasteiger partial charge is 0.308 e. The normalized spacial score (nSPS) is 11.9. The Bertz CT molecular complexity index is 1200. The zero-order valence-corrected chi connectivity index (χ0v) is 18.4. The number of fused-ring (bicyclic) bond motifs is 1. The van der Waals surface area contributed by atoms with Crippen molar-refractivity contribution in [2.24, 2.45) is 0 Å². The molecule has 3 rings (SSSR count). The number of thiazole rings is 1. The van der Waals surface area contributed by atoms with Gasteiger partial charge in [0.2, 0.25) is 5.91 Å². The van der Waals surface area contributed by atoms with E-state index in [4.69, 9.17) is 0 Å².